The van der Waals surface area contributed by atoms with Crippen LogP contribution in [0.5, 0.6) is 0 Å². The van der Waals surface area contributed by atoms with Crippen molar-refractivity contribution in [2.45, 2.75) is 24.3 Å². The van der Waals surface area contributed by atoms with Crippen molar-refractivity contribution >= 4 is 34.7 Å². The second-order valence-corrected chi connectivity index (χ2v) is 7.02. The number of carbonyl (C=O) groups is 1. The van der Waals surface area contributed by atoms with Crippen molar-refractivity contribution in [1.29, 1.82) is 0 Å². The average Bonchev–Trinajstić information content (AvgIpc) is 3.16. The largest absolute Gasteiger partial charge is 0.336 e. The van der Waals surface area contributed by atoms with Gasteiger partial charge in [-0.2, -0.15) is 0 Å². The van der Waals surface area contributed by atoms with Gasteiger partial charge in [-0.15, -0.1) is 21.5 Å². The van der Waals surface area contributed by atoms with Crippen LogP contribution in [0.2, 0.25) is 0 Å². The summed E-state index contributed by atoms with van der Waals surface area (Å²) in [6.45, 7) is 2.01. The topological polar surface area (TPSA) is 98.7 Å². The molecule has 0 saturated carbocycles. The molecule has 3 aromatic rings. The molecule has 0 atom stereocenters. The average molecular weight is 360 g/mol. The van der Waals surface area contributed by atoms with Gasteiger partial charge in [0.05, 0.1) is 12.1 Å². The minimum Gasteiger partial charge on any atom is -0.336 e. The molecule has 0 bridgehead atoms. The minimum absolute atomic E-state index is 0.0749. The Morgan fingerprint density at radius 1 is 1.38 bits per heavy atom. The summed E-state index contributed by atoms with van der Waals surface area (Å²) in [7, 11) is 0. The number of anilines is 1. The molecule has 7 nitrogen and oxygen atoms in total. The van der Waals surface area contributed by atoms with E-state index in [2.05, 4.69) is 20.5 Å². The fraction of sp³-hybridized carbons (Fsp3) is 0.200. The normalized spacial score (nSPS) is 10.7. The summed E-state index contributed by atoms with van der Waals surface area (Å²) >= 11 is 2.92. The third-order valence-corrected chi connectivity index (χ3v) is 5.02. The summed E-state index contributed by atoms with van der Waals surface area (Å²) in [5, 5.41) is 13.8. The van der Waals surface area contributed by atoms with Crippen LogP contribution in [0.1, 0.15) is 16.3 Å². The predicted octanol–water partition coefficient (Wildman–Crippen LogP) is 2.23. The molecule has 0 aliphatic rings. The molecule has 0 spiro atoms. The van der Waals surface area contributed by atoms with Gasteiger partial charge in [0.1, 0.15) is 11.3 Å². The van der Waals surface area contributed by atoms with Crippen LogP contribution in [0.15, 0.2) is 41.1 Å². The zero-order valence-electron chi connectivity index (χ0n) is 13.0. The van der Waals surface area contributed by atoms with Crippen molar-refractivity contribution in [2.75, 3.05) is 11.2 Å². The molecule has 3 rings (SSSR count). The SMILES string of the molecule is Cc1ccc(NC(=O)Cc2nc(CSc3nncn3N)cs2)cc1. The van der Waals surface area contributed by atoms with Crippen molar-refractivity contribution in [1.82, 2.24) is 19.9 Å². The molecular weight excluding hydrogens is 344 g/mol. The lowest BCUT2D eigenvalue weighted by Crippen LogP contribution is -2.14. The number of nitrogens with one attached hydrogen (secondary N) is 1. The number of nitrogens with two attached hydrogens (primary N) is 1. The lowest BCUT2D eigenvalue weighted by atomic mass is 10.2. The van der Waals surface area contributed by atoms with Gasteiger partial charge in [0.15, 0.2) is 0 Å². The Bertz CT molecular complexity index is 827. The monoisotopic (exact) mass is 360 g/mol. The number of nitrogens with zero attached hydrogens (tertiary/aromatic N) is 4. The van der Waals surface area contributed by atoms with Crippen molar-refractivity contribution in [3.63, 3.8) is 0 Å². The van der Waals surface area contributed by atoms with E-state index in [4.69, 9.17) is 5.84 Å². The molecule has 0 unspecified atom stereocenters. The van der Waals surface area contributed by atoms with E-state index in [1.54, 1.807) is 0 Å². The Labute approximate surface area is 147 Å². The van der Waals surface area contributed by atoms with Gasteiger partial charge in [0.2, 0.25) is 11.1 Å². The number of rotatable bonds is 6. The number of nitrogen functional groups attached to an aromatic ring is 1. The number of amides is 1. The van der Waals surface area contributed by atoms with Crippen molar-refractivity contribution < 1.29 is 4.79 Å². The number of aromatic nitrogens is 4. The van der Waals surface area contributed by atoms with Crippen molar-refractivity contribution in [2.24, 2.45) is 0 Å². The maximum absolute atomic E-state index is 12.1. The standard InChI is InChI=1S/C15H16N6OS2/c1-10-2-4-11(5-3-10)18-13(22)6-14-19-12(7-23-14)8-24-15-20-17-9-21(15)16/h2-5,7,9H,6,8,16H2,1H3,(H,18,22). The Balaban J connectivity index is 1.52. The van der Waals surface area contributed by atoms with Crippen LogP contribution < -0.4 is 11.2 Å². The quantitative estimate of drug-likeness (QED) is 0.517. The summed E-state index contributed by atoms with van der Waals surface area (Å²) in [5.41, 5.74) is 2.84. The Morgan fingerprint density at radius 3 is 2.88 bits per heavy atom. The van der Waals surface area contributed by atoms with Gasteiger partial charge in [0, 0.05) is 16.8 Å². The van der Waals surface area contributed by atoms with E-state index in [0.29, 0.717) is 10.9 Å². The number of hydrogen-bond donors (Lipinski definition) is 2. The molecule has 9 heteroatoms. The first kappa shape index (κ1) is 16.5. The van der Waals surface area contributed by atoms with E-state index in [9.17, 15) is 4.79 Å². The molecule has 0 aliphatic carbocycles. The van der Waals surface area contributed by atoms with Gasteiger partial charge < -0.3 is 11.2 Å². The van der Waals surface area contributed by atoms with E-state index in [0.717, 1.165) is 22.0 Å². The van der Waals surface area contributed by atoms with Crippen molar-refractivity contribution in [3.8, 4) is 0 Å². The zero-order chi connectivity index (χ0) is 16.9. The Hall–Kier alpha value is -2.39. The predicted molar refractivity (Wildman–Crippen MR) is 95.4 cm³/mol. The number of carbonyl (C=O) groups excluding carboxylic acids is 1. The van der Waals surface area contributed by atoms with Gasteiger partial charge in [-0.3, -0.25) is 4.79 Å². The Kier molecular flexibility index (Phi) is 5.11. The van der Waals surface area contributed by atoms with Gasteiger partial charge >= 0.3 is 0 Å². The van der Waals surface area contributed by atoms with Crippen LogP contribution >= 0.6 is 23.1 Å². The minimum atomic E-state index is -0.0749. The van der Waals surface area contributed by atoms with Crippen LogP contribution in [0.3, 0.4) is 0 Å². The number of aryl methyl sites for hydroxylation is 1. The van der Waals surface area contributed by atoms with Crippen LogP contribution in [0.25, 0.3) is 0 Å². The molecule has 2 heterocycles. The summed E-state index contributed by atoms with van der Waals surface area (Å²) < 4.78 is 1.37. The van der Waals surface area contributed by atoms with Crippen LogP contribution in [0, 0.1) is 6.92 Å². The molecule has 1 aromatic carbocycles. The fourth-order valence-corrected chi connectivity index (χ4v) is 3.57. The highest BCUT2D eigenvalue weighted by molar-refractivity contribution is 7.98. The molecule has 3 N–H and O–H groups in total. The van der Waals surface area contributed by atoms with E-state index >= 15 is 0 Å². The number of thiazole rings is 1. The molecule has 124 valence electrons. The molecule has 0 fully saturated rings. The summed E-state index contributed by atoms with van der Waals surface area (Å²) in [5.74, 6) is 6.21. The first-order chi connectivity index (χ1) is 11.6. The molecular formula is C15H16N6OS2. The number of benzene rings is 1. The maximum atomic E-state index is 12.1. The molecule has 1 amide bonds. The lowest BCUT2D eigenvalue weighted by Gasteiger charge is -2.04. The van der Waals surface area contributed by atoms with Gasteiger partial charge in [0.25, 0.3) is 0 Å². The van der Waals surface area contributed by atoms with E-state index in [1.165, 1.54) is 34.1 Å². The fourth-order valence-electron chi connectivity index (χ4n) is 1.95. The lowest BCUT2D eigenvalue weighted by molar-refractivity contribution is -0.115. The smallest absolute Gasteiger partial charge is 0.231 e. The second kappa shape index (κ2) is 7.45. The third-order valence-electron chi connectivity index (χ3n) is 3.14. The van der Waals surface area contributed by atoms with E-state index in [1.807, 2.05) is 36.6 Å². The van der Waals surface area contributed by atoms with Gasteiger partial charge in [-0.25, -0.2) is 9.66 Å². The molecule has 0 saturated heterocycles. The van der Waals surface area contributed by atoms with Crippen LogP contribution in [-0.2, 0) is 17.0 Å². The second-order valence-electron chi connectivity index (χ2n) is 5.13. The summed E-state index contributed by atoms with van der Waals surface area (Å²) in [6.07, 6.45) is 1.71. The highest BCUT2D eigenvalue weighted by Crippen LogP contribution is 2.21. The molecule has 0 radical (unpaired) electrons. The van der Waals surface area contributed by atoms with Crippen molar-refractivity contribution in [3.05, 3.63) is 52.2 Å². The highest BCUT2D eigenvalue weighted by atomic mass is 32.2. The molecule has 0 aliphatic heterocycles. The highest BCUT2D eigenvalue weighted by Gasteiger charge is 2.10. The molecule has 24 heavy (non-hydrogen) atoms. The van der Waals surface area contributed by atoms with Crippen LogP contribution in [0.4, 0.5) is 5.69 Å². The number of hydrogen-bond acceptors (Lipinski definition) is 7. The van der Waals surface area contributed by atoms with E-state index < -0.39 is 0 Å². The first-order valence-corrected chi connectivity index (χ1v) is 9.04. The summed E-state index contributed by atoms with van der Waals surface area (Å²) in [6, 6.07) is 7.70. The van der Waals surface area contributed by atoms with Gasteiger partial charge in [-0.1, -0.05) is 29.5 Å². The summed E-state index contributed by atoms with van der Waals surface area (Å²) in [4.78, 5) is 16.6. The molecule has 2 aromatic heterocycles. The maximum Gasteiger partial charge on any atom is 0.231 e. The third kappa shape index (κ3) is 4.33. The van der Waals surface area contributed by atoms with Crippen LogP contribution in [-0.4, -0.2) is 25.8 Å². The van der Waals surface area contributed by atoms with Gasteiger partial charge in [-0.05, 0) is 19.1 Å². The number of thioether (sulfide) groups is 1. The first-order valence-electron chi connectivity index (χ1n) is 7.18. The van der Waals surface area contributed by atoms with E-state index in [-0.39, 0.29) is 12.3 Å². The Morgan fingerprint density at radius 2 is 2.17 bits per heavy atom. The zero-order valence-corrected chi connectivity index (χ0v) is 14.6.